The van der Waals surface area contributed by atoms with Crippen LogP contribution < -0.4 is 5.32 Å². The summed E-state index contributed by atoms with van der Waals surface area (Å²) in [6.07, 6.45) is 2.30. The summed E-state index contributed by atoms with van der Waals surface area (Å²) in [6, 6.07) is 5.23. The van der Waals surface area contributed by atoms with E-state index in [1.807, 2.05) is 6.92 Å². The zero-order valence-corrected chi connectivity index (χ0v) is 8.49. The molecule has 4 heteroatoms. The molecule has 0 saturated carbocycles. The van der Waals surface area contributed by atoms with E-state index in [1.165, 1.54) is 6.39 Å². The molecule has 0 aliphatic rings. The maximum absolute atomic E-state index is 11.6. The van der Waals surface area contributed by atoms with Gasteiger partial charge in [0.15, 0.2) is 12.0 Å². The van der Waals surface area contributed by atoms with Gasteiger partial charge in [-0.05, 0) is 24.6 Å². The molecular formula is C11H12N2O2. The van der Waals surface area contributed by atoms with Gasteiger partial charge < -0.3 is 9.73 Å². The van der Waals surface area contributed by atoms with Crippen LogP contribution in [0.5, 0.6) is 0 Å². The van der Waals surface area contributed by atoms with Gasteiger partial charge in [-0.3, -0.25) is 4.79 Å². The van der Waals surface area contributed by atoms with Crippen molar-refractivity contribution in [2.75, 3.05) is 6.54 Å². The van der Waals surface area contributed by atoms with E-state index >= 15 is 0 Å². The Bertz CT molecular complexity index is 476. The lowest BCUT2D eigenvalue weighted by Crippen LogP contribution is -2.23. The van der Waals surface area contributed by atoms with Crippen LogP contribution in [0.3, 0.4) is 0 Å². The van der Waals surface area contributed by atoms with Crippen LogP contribution in [0.4, 0.5) is 0 Å². The van der Waals surface area contributed by atoms with E-state index in [1.54, 1.807) is 18.2 Å². The molecule has 0 bridgehead atoms. The number of aromatic nitrogens is 1. The van der Waals surface area contributed by atoms with Gasteiger partial charge >= 0.3 is 0 Å². The monoisotopic (exact) mass is 204 g/mol. The molecule has 0 aliphatic heterocycles. The maximum Gasteiger partial charge on any atom is 0.251 e. The van der Waals surface area contributed by atoms with Crippen molar-refractivity contribution in [3.05, 3.63) is 30.2 Å². The first-order valence-electron chi connectivity index (χ1n) is 4.92. The SMILES string of the molecule is CCCNC(=O)c1ccc2ncoc2c1. The summed E-state index contributed by atoms with van der Waals surface area (Å²) in [7, 11) is 0. The Labute approximate surface area is 87.3 Å². The van der Waals surface area contributed by atoms with Crippen LogP contribution in [0.25, 0.3) is 11.1 Å². The summed E-state index contributed by atoms with van der Waals surface area (Å²) in [5.41, 5.74) is 2.01. The predicted octanol–water partition coefficient (Wildman–Crippen LogP) is 1.97. The number of hydrogen-bond donors (Lipinski definition) is 1. The topological polar surface area (TPSA) is 55.1 Å². The van der Waals surface area contributed by atoms with E-state index in [0.717, 1.165) is 11.9 Å². The molecule has 1 aromatic heterocycles. The fourth-order valence-corrected chi connectivity index (χ4v) is 1.34. The highest BCUT2D eigenvalue weighted by atomic mass is 16.3. The Kier molecular flexibility index (Phi) is 2.67. The maximum atomic E-state index is 11.6. The van der Waals surface area contributed by atoms with E-state index < -0.39 is 0 Å². The summed E-state index contributed by atoms with van der Waals surface area (Å²) in [6.45, 7) is 2.70. The molecule has 1 N–H and O–H groups in total. The molecule has 2 aromatic rings. The molecule has 0 atom stereocenters. The van der Waals surface area contributed by atoms with Crippen molar-refractivity contribution in [3.8, 4) is 0 Å². The molecule has 0 radical (unpaired) electrons. The van der Waals surface area contributed by atoms with Gasteiger partial charge in [0.2, 0.25) is 0 Å². The number of fused-ring (bicyclic) bond motifs is 1. The summed E-state index contributed by atoms with van der Waals surface area (Å²) in [5.74, 6) is -0.0739. The van der Waals surface area contributed by atoms with Gasteiger partial charge in [-0.2, -0.15) is 0 Å². The third-order valence-electron chi connectivity index (χ3n) is 2.13. The Morgan fingerprint density at radius 3 is 3.20 bits per heavy atom. The molecule has 0 aliphatic carbocycles. The van der Waals surface area contributed by atoms with Gasteiger partial charge in [0.25, 0.3) is 5.91 Å². The van der Waals surface area contributed by atoms with Gasteiger partial charge in [-0.1, -0.05) is 6.92 Å². The molecule has 0 saturated heterocycles. The number of hydrogen-bond acceptors (Lipinski definition) is 3. The largest absolute Gasteiger partial charge is 0.443 e. The van der Waals surface area contributed by atoms with E-state index in [9.17, 15) is 4.79 Å². The molecular weight excluding hydrogens is 192 g/mol. The van der Waals surface area contributed by atoms with Crippen LogP contribution in [-0.4, -0.2) is 17.4 Å². The number of amides is 1. The van der Waals surface area contributed by atoms with Crippen LogP contribution in [0.1, 0.15) is 23.7 Å². The molecule has 0 unspecified atom stereocenters. The minimum Gasteiger partial charge on any atom is -0.443 e. The number of carbonyl (C=O) groups excluding carboxylic acids is 1. The predicted molar refractivity (Wildman–Crippen MR) is 56.6 cm³/mol. The number of benzene rings is 1. The second kappa shape index (κ2) is 4.13. The highest BCUT2D eigenvalue weighted by molar-refractivity contribution is 5.96. The second-order valence-corrected chi connectivity index (χ2v) is 3.29. The minimum atomic E-state index is -0.0739. The van der Waals surface area contributed by atoms with Crippen molar-refractivity contribution < 1.29 is 9.21 Å². The van der Waals surface area contributed by atoms with Crippen molar-refractivity contribution in [1.29, 1.82) is 0 Å². The molecule has 0 fully saturated rings. The molecule has 78 valence electrons. The number of carbonyl (C=O) groups is 1. The zero-order chi connectivity index (χ0) is 10.7. The van der Waals surface area contributed by atoms with E-state index in [0.29, 0.717) is 17.7 Å². The zero-order valence-electron chi connectivity index (χ0n) is 8.49. The first-order chi connectivity index (χ1) is 7.31. The molecule has 15 heavy (non-hydrogen) atoms. The normalized spacial score (nSPS) is 10.5. The molecule has 2 rings (SSSR count). The lowest BCUT2D eigenvalue weighted by Gasteiger charge is -2.02. The summed E-state index contributed by atoms with van der Waals surface area (Å²) in [5, 5.41) is 2.80. The van der Waals surface area contributed by atoms with Crippen molar-refractivity contribution in [2.24, 2.45) is 0 Å². The Morgan fingerprint density at radius 2 is 2.40 bits per heavy atom. The molecule has 1 amide bonds. The Balaban J connectivity index is 2.23. The van der Waals surface area contributed by atoms with Gasteiger partial charge in [0.1, 0.15) is 5.52 Å². The summed E-state index contributed by atoms with van der Waals surface area (Å²) >= 11 is 0. The van der Waals surface area contributed by atoms with Gasteiger partial charge in [0.05, 0.1) is 0 Å². The second-order valence-electron chi connectivity index (χ2n) is 3.29. The average Bonchev–Trinajstić information content (AvgIpc) is 2.72. The number of oxazole rings is 1. The highest BCUT2D eigenvalue weighted by Crippen LogP contribution is 2.13. The first kappa shape index (κ1) is 9.71. The van der Waals surface area contributed by atoms with Crippen LogP contribution in [0.15, 0.2) is 29.0 Å². The van der Waals surface area contributed by atoms with Gasteiger partial charge in [-0.15, -0.1) is 0 Å². The van der Waals surface area contributed by atoms with Crippen LogP contribution >= 0.6 is 0 Å². The van der Waals surface area contributed by atoms with E-state index in [2.05, 4.69) is 10.3 Å². The molecule has 1 aromatic carbocycles. The molecule has 0 spiro atoms. The van der Waals surface area contributed by atoms with Gasteiger partial charge in [0, 0.05) is 12.1 Å². The fourth-order valence-electron chi connectivity index (χ4n) is 1.34. The lowest BCUT2D eigenvalue weighted by atomic mass is 10.2. The van der Waals surface area contributed by atoms with E-state index in [4.69, 9.17) is 4.42 Å². The van der Waals surface area contributed by atoms with Crippen molar-refractivity contribution in [3.63, 3.8) is 0 Å². The van der Waals surface area contributed by atoms with Crippen molar-refractivity contribution in [1.82, 2.24) is 10.3 Å². The standard InChI is InChI=1S/C11H12N2O2/c1-2-5-12-11(14)8-3-4-9-10(6-8)15-7-13-9/h3-4,6-7H,2,5H2,1H3,(H,12,14). The third kappa shape index (κ3) is 1.98. The lowest BCUT2D eigenvalue weighted by molar-refractivity contribution is 0.0953. The third-order valence-corrected chi connectivity index (χ3v) is 2.13. The molecule has 1 heterocycles. The van der Waals surface area contributed by atoms with Crippen molar-refractivity contribution in [2.45, 2.75) is 13.3 Å². The summed E-state index contributed by atoms with van der Waals surface area (Å²) < 4.78 is 5.12. The molecule has 4 nitrogen and oxygen atoms in total. The van der Waals surface area contributed by atoms with Gasteiger partial charge in [-0.25, -0.2) is 4.98 Å². The summed E-state index contributed by atoms with van der Waals surface area (Å²) in [4.78, 5) is 15.6. The first-order valence-corrected chi connectivity index (χ1v) is 4.92. The average molecular weight is 204 g/mol. The number of nitrogens with one attached hydrogen (secondary N) is 1. The van der Waals surface area contributed by atoms with Crippen LogP contribution in [0.2, 0.25) is 0 Å². The highest BCUT2D eigenvalue weighted by Gasteiger charge is 2.06. The quantitative estimate of drug-likeness (QED) is 0.831. The van der Waals surface area contributed by atoms with Crippen LogP contribution in [0, 0.1) is 0 Å². The minimum absolute atomic E-state index is 0.0739. The number of nitrogens with zero attached hydrogens (tertiary/aromatic N) is 1. The number of rotatable bonds is 3. The van der Waals surface area contributed by atoms with E-state index in [-0.39, 0.29) is 5.91 Å². The fraction of sp³-hybridized carbons (Fsp3) is 0.273. The van der Waals surface area contributed by atoms with Crippen LogP contribution in [-0.2, 0) is 0 Å². The van der Waals surface area contributed by atoms with Crippen molar-refractivity contribution >= 4 is 17.0 Å². The Morgan fingerprint density at radius 1 is 1.53 bits per heavy atom. The Hall–Kier alpha value is -1.84. The smallest absolute Gasteiger partial charge is 0.251 e.